The second-order valence-corrected chi connectivity index (χ2v) is 5.27. The third-order valence-corrected chi connectivity index (χ3v) is 3.46. The van der Waals surface area contributed by atoms with E-state index < -0.39 is 17.9 Å². The van der Waals surface area contributed by atoms with Crippen molar-refractivity contribution in [3.63, 3.8) is 0 Å². The second kappa shape index (κ2) is 5.99. The third-order valence-electron chi connectivity index (χ3n) is 3.46. The number of carbonyl (C=O) groups is 2. The highest BCUT2D eigenvalue weighted by Gasteiger charge is 2.27. The van der Waals surface area contributed by atoms with Crippen molar-refractivity contribution in [2.75, 3.05) is 7.11 Å². The van der Waals surface area contributed by atoms with Crippen molar-refractivity contribution < 1.29 is 18.7 Å². The Morgan fingerprint density at radius 2 is 1.90 bits per heavy atom. The van der Waals surface area contributed by atoms with E-state index in [1.54, 1.807) is 6.07 Å². The van der Waals surface area contributed by atoms with Crippen LogP contribution in [0.2, 0.25) is 0 Å². The molecule has 1 aromatic heterocycles. The summed E-state index contributed by atoms with van der Waals surface area (Å²) in [5, 5.41) is 3.57. The number of hydrogen-bond donors (Lipinski definition) is 1. The fraction of sp³-hybridized carbons (Fsp3) is 0.375. The molecule has 0 radical (unpaired) electrons. The molecule has 0 spiro atoms. The van der Waals surface area contributed by atoms with Gasteiger partial charge in [0.1, 0.15) is 11.6 Å². The van der Waals surface area contributed by atoms with Gasteiger partial charge in [-0.15, -0.1) is 0 Å². The highest BCUT2D eigenvalue weighted by Crippen LogP contribution is 2.25. The Morgan fingerprint density at radius 3 is 2.48 bits per heavy atom. The van der Waals surface area contributed by atoms with Crippen LogP contribution in [0.1, 0.15) is 30.0 Å². The number of ether oxygens (including phenoxy) is 1. The molecule has 0 bridgehead atoms. The number of benzene rings is 1. The van der Waals surface area contributed by atoms with E-state index in [-0.39, 0.29) is 11.7 Å². The lowest BCUT2D eigenvalue weighted by Gasteiger charge is -2.19. The normalized spacial score (nSPS) is 12.4. The summed E-state index contributed by atoms with van der Waals surface area (Å²) in [6.45, 7) is 5.50. The third kappa shape index (κ3) is 2.91. The van der Waals surface area contributed by atoms with E-state index in [4.69, 9.17) is 9.15 Å². The van der Waals surface area contributed by atoms with E-state index in [0.717, 1.165) is 10.9 Å². The van der Waals surface area contributed by atoms with Gasteiger partial charge in [0.25, 0.3) is 5.91 Å². The lowest BCUT2D eigenvalue weighted by atomic mass is 10.0. The lowest BCUT2D eigenvalue weighted by Crippen LogP contribution is -2.45. The average molecular weight is 289 g/mol. The summed E-state index contributed by atoms with van der Waals surface area (Å²) < 4.78 is 10.3. The smallest absolute Gasteiger partial charge is 0.328 e. The van der Waals surface area contributed by atoms with Gasteiger partial charge in [0.15, 0.2) is 5.76 Å². The number of fused-ring (bicyclic) bond motifs is 1. The van der Waals surface area contributed by atoms with Gasteiger partial charge in [-0.05, 0) is 18.9 Å². The minimum Gasteiger partial charge on any atom is -0.467 e. The number of furan rings is 1. The monoisotopic (exact) mass is 289 g/mol. The number of methoxy groups -OCH3 is 1. The van der Waals surface area contributed by atoms with Crippen molar-refractivity contribution in [2.24, 2.45) is 5.92 Å². The van der Waals surface area contributed by atoms with Gasteiger partial charge in [-0.1, -0.05) is 32.0 Å². The molecule has 1 aromatic carbocycles. The molecule has 0 aliphatic rings. The fourth-order valence-corrected chi connectivity index (χ4v) is 2.22. The first-order valence-electron chi connectivity index (χ1n) is 6.82. The van der Waals surface area contributed by atoms with Gasteiger partial charge in [0.05, 0.1) is 7.11 Å². The summed E-state index contributed by atoms with van der Waals surface area (Å²) >= 11 is 0. The van der Waals surface area contributed by atoms with Crippen molar-refractivity contribution in [3.05, 3.63) is 35.6 Å². The average Bonchev–Trinajstić information content (AvgIpc) is 2.81. The van der Waals surface area contributed by atoms with E-state index in [2.05, 4.69) is 5.32 Å². The Kier molecular flexibility index (Phi) is 4.31. The first-order valence-corrected chi connectivity index (χ1v) is 6.82. The van der Waals surface area contributed by atoms with Crippen LogP contribution in [0.3, 0.4) is 0 Å². The van der Waals surface area contributed by atoms with Crippen LogP contribution in [0.4, 0.5) is 0 Å². The van der Waals surface area contributed by atoms with Crippen LogP contribution in [-0.2, 0) is 9.53 Å². The van der Waals surface area contributed by atoms with Gasteiger partial charge < -0.3 is 14.5 Å². The van der Waals surface area contributed by atoms with Crippen LogP contribution in [0.5, 0.6) is 0 Å². The van der Waals surface area contributed by atoms with Gasteiger partial charge in [0.2, 0.25) is 0 Å². The Labute approximate surface area is 123 Å². The molecule has 112 valence electrons. The number of hydrogen-bond acceptors (Lipinski definition) is 4. The standard InChI is InChI=1S/C16H19NO4/c1-9(2)13(16(19)20-4)17-15(18)14-10(3)11-7-5-6-8-12(11)21-14/h5-9,13H,1-4H3,(H,17,18). The number of carbonyl (C=O) groups excluding carboxylic acids is 2. The summed E-state index contributed by atoms with van der Waals surface area (Å²) in [5.41, 5.74) is 1.41. The summed E-state index contributed by atoms with van der Waals surface area (Å²) in [6.07, 6.45) is 0. The van der Waals surface area contributed by atoms with Crippen LogP contribution in [0.25, 0.3) is 11.0 Å². The van der Waals surface area contributed by atoms with Crippen LogP contribution in [0, 0.1) is 12.8 Å². The van der Waals surface area contributed by atoms with Gasteiger partial charge in [-0.3, -0.25) is 4.79 Å². The van der Waals surface area contributed by atoms with Crippen LogP contribution in [-0.4, -0.2) is 25.0 Å². The molecular formula is C16H19NO4. The molecule has 1 heterocycles. The number of para-hydroxylation sites is 1. The quantitative estimate of drug-likeness (QED) is 0.879. The highest BCUT2D eigenvalue weighted by molar-refractivity contribution is 6.00. The molecule has 5 nitrogen and oxygen atoms in total. The zero-order chi connectivity index (χ0) is 15.6. The van der Waals surface area contributed by atoms with Crippen LogP contribution in [0.15, 0.2) is 28.7 Å². The molecule has 0 fully saturated rings. The van der Waals surface area contributed by atoms with E-state index in [0.29, 0.717) is 5.58 Å². The van der Waals surface area contributed by atoms with Crippen molar-refractivity contribution in [2.45, 2.75) is 26.8 Å². The topological polar surface area (TPSA) is 68.5 Å². The summed E-state index contributed by atoms with van der Waals surface area (Å²) in [6, 6.07) is 6.73. The minimum absolute atomic E-state index is 0.0777. The molecular weight excluding hydrogens is 270 g/mol. The molecule has 2 aromatic rings. The van der Waals surface area contributed by atoms with Crippen LogP contribution < -0.4 is 5.32 Å². The molecule has 1 unspecified atom stereocenters. The van der Waals surface area contributed by atoms with Crippen molar-refractivity contribution in [1.29, 1.82) is 0 Å². The van der Waals surface area contributed by atoms with Gasteiger partial charge in [-0.25, -0.2) is 4.79 Å². The number of aryl methyl sites for hydroxylation is 1. The molecule has 0 aliphatic carbocycles. The predicted octanol–water partition coefficient (Wildman–Crippen LogP) is 2.67. The summed E-state index contributed by atoms with van der Waals surface area (Å²) in [4.78, 5) is 24.1. The van der Waals surface area contributed by atoms with Gasteiger partial charge in [-0.2, -0.15) is 0 Å². The first kappa shape index (κ1) is 15.1. The maximum atomic E-state index is 12.4. The number of nitrogens with one attached hydrogen (secondary N) is 1. The first-order chi connectivity index (χ1) is 9.95. The Balaban J connectivity index is 2.29. The molecule has 0 saturated carbocycles. The van der Waals surface area contributed by atoms with Gasteiger partial charge in [0, 0.05) is 10.9 Å². The molecule has 1 amide bonds. The maximum Gasteiger partial charge on any atom is 0.328 e. The molecule has 1 N–H and O–H groups in total. The highest BCUT2D eigenvalue weighted by atomic mass is 16.5. The van der Waals surface area contributed by atoms with Gasteiger partial charge >= 0.3 is 5.97 Å². The lowest BCUT2D eigenvalue weighted by molar-refractivity contribution is -0.144. The molecule has 5 heteroatoms. The number of esters is 1. The Morgan fingerprint density at radius 1 is 1.24 bits per heavy atom. The Bertz CT molecular complexity index is 672. The van der Waals surface area contributed by atoms with E-state index in [1.807, 2.05) is 39.0 Å². The number of amides is 1. The minimum atomic E-state index is -0.699. The summed E-state index contributed by atoms with van der Waals surface area (Å²) in [5.74, 6) is -0.725. The zero-order valence-electron chi connectivity index (χ0n) is 12.6. The SMILES string of the molecule is COC(=O)C(NC(=O)c1oc2ccccc2c1C)C(C)C. The number of rotatable bonds is 4. The van der Waals surface area contributed by atoms with Crippen molar-refractivity contribution in [3.8, 4) is 0 Å². The molecule has 2 rings (SSSR count). The Hall–Kier alpha value is -2.30. The fourth-order valence-electron chi connectivity index (χ4n) is 2.22. The molecule has 0 saturated heterocycles. The van der Waals surface area contributed by atoms with Crippen LogP contribution >= 0.6 is 0 Å². The van der Waals surface area contributed by atoms with Crippen molar-refractivity contribution >= 4 is 22.8 Å². The van der Waals surface area contributed by atoms with Crippen molar-refractivity contribution in [1.82, 2.24) is 5.32 Å². The summed E-state index contributed by atoms with van der Waals surface area (Å²) in [7, 11) is 1.30. The van der Waals surface area contributed by atoms with E-state index in [1.165, 1.54) is 7.11 Å². The van der Waals surface area contributed by atoms with E-state index in [9.17, 15) is 9.59 Å². The maximum absolute atomic E-state index is 12.4. The molecule has 21 heavy (non-hydrogen) atoms. The molecule has 1 atom stereocenters. The van der Waals surface area contributed by atoms with E-state index >= 15 is 0 Å². The second-order valence-electron chi connectivity index (χ2n) is 5.27. The largest absolute Gasteiger partial charge is 0.467 e. The molecule has 0 aliphatic heterocycles. The predicted molar refractivity (Wildman–Crippen MR) is 79.1 cm³/mol. The zero-order valence-corrected chi connectivity index (χ0v) is 12.6.